The maximum Gasteiger partial charge on any atom is 0.273 e. The van der Waals surface area contributed by atoms with Crippen LogP contribution in [-0.2, 0) is 9.59 Å². The van der Waals surface area contributed by atoms with Gasteiger partial charge in [-0.2, -0.15) is 0 Å². The summed E-state index contributed by atoms with van der Waals surface area (Å²) in [4.78, 5) is 25.3. The van der Waals surface area contributed by atoms with E-state index in [1.165, 1.54) is 0 Å². The molecule has 1 aliphatic heterocycles. The number of carbonyl (C=O) groups is 2. The molecule has 0 N–H and O–H groups in total. The van der Waals surface area contributed by atoms with Gasteiger partial charge in [0.15, 0.2) is 4.32 Å². The lowest BCUT2D eigenvalue weighted by molar-refractivity contribution is -0.136. The fraction of sp³-hybridized carbons (Fsp3) is 0.214. The average Bonchev–Trinajstić information content (AvgIpc) is 2.73. The van der Waals surface area contributed by atoms with Gasteiger partial charge in [0, 0.05) is 6.42 Å². The van der Waals surface area contributed by atoms with E-state index in [1.54, 1.807) is 20.1 Å². The van der Waals surface area contributed by atoms with Gasteiger partial charge in [-0.1, -0.05) is 43.0 Å². The third-order valence-corrected chi connectivity index (χ3v) is 4.06. The number of hydrogen-bond acceptors (Lipinski definition) is 5. The number of carbonyl (C=O) groups excluding carboxylic acids is 2. The first-order valence-electron chi connectivity index (χ1n) is 6.01. The first kappa shape index (κ1) is 14.7. The van der Waals surface area contributed by atoms with E-state index in [0.717, 1.165) is 28.0 Å². The van der Waals surface area contributed by atoms with E-state index in [9.17, 15) is 9.59 Å². The number of hydrogen-bond donors (Lipinski definition) is 0. The molecule has 1 fully saturated rings. The first-order valence-corrected chi connectivity index (χ1v) is 7.24. The summed E-state index contributed by atoms with van der Waals surface area (Å²) in [7, 11) is 1.59. The van der Waals surface area contributed by atoms with Crippen molar-refractivity contribution in [3.63, 3.8) is 0 Å². The Kier molecular flexibility index (Phi) is 4.57. The van der Waals surface area contributed by atoms with Gasteiger partial charge >= 0.3 is 0 Å². The molecular formula is C14H13NO3S2. The molecule has 4 nitrogen and oxygen atoms in total. The molecule has 2 amide bonds. The summed E-state index contributed by atoms with van der Waals surface area (Å²) in [6, 6.07) is 7.30. The quantitative estimate of drug-likeness (QED) is 0.635. The van der Waals surface area contributed by atoms with Crippen molar-refractivity contribution < 1.29 is 14.3 Å². The zero-order valence-electron chi connectivity index (χ0n) is 11.1. The third kappa shape index (κ3) is 2.91. The number of nitrogens with zero attached hydrogens (tertiary/aromatic N) is 1. The normalized spacial score (nSPS) is 16.9. The standard InChI is InChI=1S/C14H13NO3S2/c1-3-12(16)15-13(17)11(20-14(15)19)8-9-4-6-10(18-2)7-5-9/h4-8H,3H2,1-2H3. The predicted octanol–water partition coefficient (Wildman–Crippen LogP) is 2.83. The summed E-state index contributed by atoms with van der Waals surface area (Å²) in [5.41, 5.74) is 0.857. The molecule has 1 aliphatic rings. The Morgan fingerprint density at radius 2 is 2.05 bits per heavy atom. The second kappa shape index (κ2) is 6.19. The van der Waals surface area contributed by atoms with Crippen LogP contribution in [0.15, 0.2) is 29.2 Å². The van der Waals surface area contributed by atoms with E-state index < -0.39 is 0 Å². The highest BCUT2D eigenvalue weighted by atomic mass is 32.2. The molecule has 0 saturated carbocycles. The SMILES string of the molecule is CCC(=O)N1C(=O)C(=Cc2ccc(OC)cc2)SC1=S. The van der Waals surface area contributed by atoms with Crippen LogP contribution in [-0.4, -0.2) is 28.1 Å². The summed E-state index contributed by atoms with van der Waals surface area (Å²) in [6.07, 6.45) is 1.98. The van der Waals surface area contributed by atoms with Gasteiger partial charge in [-0.25, -0.2) is 4.90 Å². The molecule has 6 heteroatoms. The predicted molar refractivity (Wildman–Crippen MR) is 83.3 cm³/mol. The molecule has 1 aromatic rings. The molecule has 1 aromatic carbocycles. The Hall–Kier alpha value is -1.66. The minimum Gasteiger partial charge on any atom is -0.497 e. The van der Waals surface area contributed by atoms with E-state index in [1.807, 2.05) is 24.3 Å². The minimum absolute atomic E-state index is 0.252. The molecule has 0 atom stereocenters. The zero-order valence-corrected chi connectivity index (χ0v) is 12.7. The van der Waals surface area contributed by atoms with Crippen LogP contribution in [0.2, 0.25) is 0 Å². The summed E-state index contributed by atoms with van der Waals surface area (Å²) < 4.78 is 5.37. The van der Waals surface area contributed by atoms with Crippen LogP contribution in [0.3, 0.4) is 0 Å². The number of rotatable bonds is 3. The van der Waals surface area contributed by atoms with E-state index >= 15 is 0 Å². The zero-order chi connectivity index (χ0) is 14.7. The maximum absolute atomic E-state index is 12.1. The molecular weight excluding hydrogens is 294 g/mol. The van der Waals surface area contributed by atoms with Gasteiger partial charge in [-0.3, -0.25) is 9.59 Å². The number of benzene rings is 1. The molecule has 1 saturated heterocycles. The van der Waals surface area contributed by atoms with Gasteiger partial charge in [0.2, 0.25) is 5.91 Å². The average molecular weight is 307 g/mol. The van der Waals surface area contributed by atoms with Crippen molar-refractivity contribution in [3.8, 4) is 5.75 Å². The van der Waals surface area contributed by atoms with Crippen LogP contribution >= 0.6 is 24.0 Å². The van der Waals surface area contributed by atoms with Crippen molar-refractivity contribution in [1.29, 1.82) is 0 Å². The smallest absolute Gasteiger partial charge is 0.273 e. The Bertz CT molecular complexity index is 593. The molecule has 104 valence electrons. The topological polar surface area (TPSA) is 46.6 Å². The molecule has 0 spiro atoms. The van der Waals surface area contributed by atoms with Gasteiger partial charge in [0.05, 0.1) is 12.0 Å². The summed E-state index contributed by atoms with van der Waals surface area (Å²) in [6.45, 7) is 1.70. The van der Waals surface area contributed by atoms with Crippen LogP contribution in [0.1, 0.15) is 18.9 Å². The van der Waals surface area contributed by atoms with Gasteiger partial charge < -0.3 is 4.74 Å². The van der Waals surface area contributed by atoms with Crippen LogP contribution in [0.4, 0.5) is 0 Å². The van der Waals surface area contributed by atoms with Crippen LogP contribution in [0, 0.1) is 0 Å². The van der Waals surface area contributed by atoms with Gasteiger partial charge in [0.25, 0.3) is 5.91 Å². The first-order chi connectivity index (χ1) is 9.56. The van der Waals surface area contributed by atoms with Crippen molar-refractivity contribution in [2.45, 2.75) is 13.3 Å². The molecule has 2 rings (SSSR count). The molecule has 0 aromatic heterocycles. The highest BCUT2D eigenvalue weighted by Gasteiger charge is 2.35. The fourth-order valence-corrected chi connectivity index (χ4v) is 2.98. The van der Waals surface area contributed by atoms with Crippen molar-refractivity contribution in [3.05, 3.63) is 34.7 Å². The van der Waals surface area contributed by atoms with Gasteiger partial charge in [0.1, 0.15) is 5.75 Å². The van der Waals surface area contributed by atoms with E-state index in [-0.39, 0.29) is 18.2 Å². The van der Waals surface area contributed by atoms with Crippen molar-refractivity contribution in [2.75, 3.05) is 7.11 Å². The van der Waals surface area contributed by atoms with Crippen LogP contribution in [0.5, 0.6) is 5.75 Å². The van der Waals surface area contributed by atoms with Crippen molar-refractivity contribution in [1.82, 2.24) is 4.90 Å². The molecule has 1 heterocycles. The fourth-order valence-electron chi connectivity index (χ4n) is 1.69. The summed E-state index contributed by atoms with van der Waals surface area (Å²) in [5, 5.41) is 0. The molecule has 0 radical (unpaired) electrons. The Labute approximate surface area is 126 Å². The minimum atomic E-state index is -0.345. The molecule has 0 aliphatic carbocycles. The Morgan fingerprint density at radius 3 is 2.60 bits per heavy atom. The lowest BCUT2D eigenvalue weighted by atomic mass is 10.2. The second-order valence-corrected chi connectivity index (χ2v) is 5.71. The number of thiocarbonyl (C=S) groups is 1. The lowest BCUT2D eigenvalue weighted by Crippen LogP contribution is -2.33. The van der Waals surface area contributed by atoms with Crippen LogP contribution < -0.4 is 4.74 Å². The highest BCUT2D eigenvalue weighted by molar-refractivity contribution is 8.26. The summed E-state index contributed by atoms with van der Waals surface area (Å²) >= 11 is 6.23. The maximum atomic E-state index is 12.1. The Morgan fingerprint density at radius 1 is 1.40 bits per heavy atom. The third-order valence-electron chi connectivity index (χ3n) is 2.76. The number of ether oxygens (including phenoxy) is 1. The highest BCUT2D eigenvalue weighted by Crippen LogP contribution is 2.33. The number of methoxy groups -OCH3 is 1. The monoisotopic (exact) mass is 307 g/mol. The molecule has 0 unspecified atom stereocenters. The van der Waals surface area contributed by atoms with Gasteiger partial charge in [-0.15, -0.1) is 0 Å². The number of imide groups is 1. The van der Waals surface area contributed by atoms with E-state index in [2.05, 4.69) is 0 Å². The molecule has 20 heavy (non-hydrogen) atoms. The summed E-state index contributed by atoms with van der Waals surface area (Å²) in [5.74, 6) is 0.129. The van der Waals surface area contributed by atoms with Crippen molar-refractivity contribution in [2.24, 2.45) is 0 Å². The number of thioether (sulfide) groups is 1. The van der Waals surface area contributed by atoms with Gasteiger partial charge in [-0.05, 0) is 23.8 Å². The molecule has 0 bridgehead atoms. The van der Waals surface area contributed by atoms with Crippen LogP contribution in [0.25, 0.3) is 6.08 Å². The van der Waals surface area contributed by atoms with E-state index in [4.69, 9.17) is 17.0 Å². The Balaban J connectivity index is 2.25. The second-order valence-electron chi connectivity index (χ2n) is 4.04. The number of amides is 2. The van der Waals surface area contributed by atoms with Crippen molar-refractivity contribution >= 4 is 46.2 Å². The largest absolute Gasteiger partial charge is 0.497 e. The van der Waals surface area contributed by atoms with E-state index in [0.29, 0.717) is 9.23 Å². The lowest BCUT2D eigenvalue weighted by Gasteiger charge is -2.10.